The maximum atomic E-state index is 12.6. The van der Waals surface area contributed by atoms with Crippen LogP contribution in [-0.4, -0.2) is 54.4 Å². The largest absolute Gasteiger partial charge is 0.496 e. The summed E-state index contributed by atoms with van der Waals surface area (Å²) in [6.45, 7) is 7.62. The molecular weight excluding hydrogens is 563 g/mol. The van der Waals surface area contributed by atoms with E-state index in [9.17, 15) is 4.79 Å². The molecule has 0 radical (unpaired) electrons. The van der Waals surface area contributed by atoms with Crippen LogP contribution in [0.2, 0.25) is 0 Å². The molecule has 0 spiro atoms. The Balaban J connectivity index is 1.63. The lowest BCUT2D eigenvalue weighted by Gasteiger charge is -2.23. The second-order valence-corrected chi connectivity index (χ2v) is 10.3. The highest BCUT2D eigenvalue weighted by atomic mass is 127. The number of nitrogens with one attached hydrogen (secondary N) is 2. The summed E-state index contributed by atoms with van der Waals surface area (Å²) in [6.07, 6.45) is 4.78. The maximum Gasteiger partial charge on any atom is 0.255 e. The molecule has 1 aromatic heterocycles. The van der Waals surface area contributed by atoms with Gasteiger partial charge in [-0.3, -0.25) is 10.1 Å². The molecule has 2 aliphatic rings. The lowest BCUT2D eigenvalue weighted by Crippen LogP contribution is -2.31. The van der Waals surface area contributed by atoms with E-state index in [0.717, 1.165) is 40.8 Å². The monoisotopic (exact) mass is 596 g/mol. The lowest BCUT2D eigenvalue weighted by molar-refractivity contribution is -0.124. The molecule has 1 amide bonds. The van der Waals surface area contributed by atoms with E-state index >= 15 is 0 Å². The van der Waals surface area contributed by atoms with Crippen LogP contribution >= 0.6 is 22.6 Å². The number of benzene rings is 1. The number of anilines is 2. The van der Waals surface area contributed by atoms with Gasteiger partial charge in [0.1, 0.15) is 17.6 Å². The first-order chi connectivity index (χ1) is 16.9. The van der Waals surface area contributed by atoms with Crippen molar-refractivity contribution in [1.29, 1.82) is 0 Å². The third-order valence-corrected chi connectivity index (χ3v) is 7.07. The summed E-state index contributed by atoms with van der Waals surface area (Å²) in [5, 5.41) is 6.21. The molecule has 2 aliphatic heterocycles. The molecule has 190 valence electrons. The van der Waals surface area contributed by atoms with Gasteiger partial charge in [-0.25, -0.2) is 4.98 Å². The number of hydrogen-bond acceptors (Lipinski definition) is 8. The van der Waals surface area contributed by atoms with Crippen LogP contribution in [0.5, 0.6) is 17.2 Å². The second kappa shape index (κ2) is 11.7. The van der Waals surface area contributed by atoms with Crippen LogP contribution in [0.1, 0.15) is 57.9 Å². The highest BCUT2D eigenvalue weighted by molar-refractivity contribution is 14.1. The third-order valence-electron chi connectivity index (χ3n) is 6.23. The van der Waals surface area contributed by atoms with E-state index in [1.807, 2.05) is 12.1 Å². The molecule has 3 atom stereocenters. The van der Waals surface area contributed by atoms with Crippen molar-refractivity contribution >= 4 is 40.3 Å². The van der Waals surface area contributed by atoms with Gasteiger partial charge in [-0.1, -0.05) is 13.8 Å². The number of rotatable bonds is 9. The summed E-state index contributed by atoms with van der Waals surface area (Å²) in [4.78, 5) is 21.5. The SMILES string of the molecule is COc1cc(C(C)C)c(Oc2cnc(NC(=O)[C@@H]3CCCO3)nc2NC(C)[C@@H]2CCCO2)cc1I. The Morgan fingerprint density at radius 2 is 1.89 bits per heavy atom. The number of hydrogen-bond donors (Lipinski definition) is 2. The number of nitrogens with zero attached hydrogens (tertiary/aromatic N) is 2. The van der Waals surface area contributed by atoms with Crippen molar-refractivity contribution in [3.63, 3.8) is 0 Å². The third kappa shape index (κ3) is 6.34. The fourth-order valence-corrected chi connectivity index (χ4v) is 4.91. The predicted molar refractivity (Wildman–Crippen MR) is 142 cm³/mol. The van der Waals surface area contributed by atoms with Crippen molar-refractivity contribution in [3.05, 3.63) is 27.5 Å². The Bertz CT molecular complexity index is 1040. The molecule has 10 heteroatoms. The Kier molecular flexibility index (Phi) is 8.66. The van der Waals surface area contributed by atoms with Crippen LogP contribution in [0, 0.1) is 3.57 Å². The normalized spacial score (nSPS) is 20.6. The summed E-state index contributed by atoms with van der Waals surface area (Å²) >= 11 is 2.23. The van der Waals surface area contributed by atoms with Gasteiger partial charge < -0.3 is 24.3 Å². The summed E-state index contributed by atoms with van der Waals surface area (Å²) < 4.78 is 24.2. The number of carbonyl (C=O) groups is 1. The smallest absolute Gasteiger partial charge is 0.255 e. The highest BCUT2D eigenvalue weighted by Gasteiger charge is 2.27. The van der Waals surface area contributed by atoms with Gasteiger partial charge >= 0.3 is 0 Å². The van der Waals surface area contributed by atoms with Crippen molar-refractivity contribution in [1.82, 2.24) is 9.97 Å². The van der Waals surface area contributed by atoms with Gasteiger partial charge in [0.15, 0.2) is 11.6 Å². The average molecular weight is 596 g/mol. The standard InChI is InChI=1S/C25H33IN4O5/c1-14(2)16-11-21(32-4)17(26)12-20(16)35-22-13-27-25(30-24(31)19-8-6-10-34-19)29-23(22)28-15(3)18-7-5-9-33-18/h11-15,18-19H,5-10H2,1-4H3,(H2,27,28,29,30,31)/t15?,18-,19-/m0/s1. The van der Waals surface area contributed by atoms with E-state index in [0.29, 0.717) is 30.3 Å². The minimum atomic E-state index is -0.466. The fraction of sp³-hybridized carbons (Fsp3) is 0.560. The highest BCUT2D eigenvalue weighted by Crippen LogP contribution is 2.38. The minimum Gasteiger partial charge on any atom is -0.496 e. The van der Waals surface area contributed by atoms with Crippen LogP contribution in [0.4, 0.5) is 11.8 Å². The van der Waals surface area contributed by atoms with Crippen LogP contribution in [0.3, 0.4) is 0 Å². The Labute approximate surface area is 219 Å². The Morgan fingerprint density at radius 1 is 1.11 bits per heavy atom. The van der Waals surface area contributed by atoms with Crippen molar-refractivity contribution < 1.29 is 23.7 Å². The molecule has 1 aromatic carbocycles. The minimum absolute atomic E-state index is 0.00274. The Morgan fingerprint density at radius 3 is 2.54 bits per heavy atom. The van der Waals surface area contributed by atoms with Crippen molar-refractivity contribution in [2.24, 2.45) is 0 Å². The summed E-state index contributed by atoms with van der Waals surface area (Å²) in [5.41, 5.74) is 1.01. The molecule has 2 saturated heterocycles. The van der Waals surface area contributed by atoms with Crippen LogP contribution < -0.4 is 20.1 Å². The lowest BCUT2D eigenvalue weighted by atomic mass is 10.0. The first-order valence-electron chi connectivity index (χ1n) is 12.1. The molecule has 2 fully saturated rings. The van der Waals surface area contributed by atoms with E-state index in [2.05, 4.69) is 64.0 Å². The van der Waals surface area contributed by atoms with Gasteiger partial charge in [0.05, 0.1) is 29.0 Å². The van der Waals surface area contributed by atoms with Gasteiger partial charge in [0.25, 0.3) is 5.91 Å². The van der Waals surface area contributed by atoms with Gasteiger partial charge in [-0.15, -0.1) is 0 Å². The number of amides is 1. The molecule has 2 aromatic rings. The van der Waals surface area contributed by atoms with E-state index < -0.39 is 6.10 Å². The zero-order chi connectivity index (χ0) is 24.9. The maximum absolute atomic E-state index is 12.6. The van der Waals surface area contributed by atoms with E-state index in [1.54, 1.807) is 13.3 Å². The van der Waals surface area contributed by atoms with Crippen molar-refractivity contribution in [2.45, 2.75) is 70.6 Å². The number of aromatic nitrogens is 2. The molecule has 0 saturated carbocycles. The van der Waals surface area contributed by atoms with E-state index in [1.165, 1.54) is 0 Å². The topological polar surface area (TPSA) is 104 Å². The first-order valence-corrected chi connectivity index (χ1v) is 13.2. The summed E-state index contributed by atoms with van der Waals surface area (Å²) in [7, 11) is 1.66. The van der Waals surface area contributed by atoms with Crippen LogP contribution in [0.25, 0.3) is 0 Å². The summed E-state index contributed by atoms with van der Waals surface area (Å²) in [5.74, 6) is 2.64. The zero-order valence-corrected chi connectivity index (χ0v) is 22.8. The molecule has 9 nitrogen and oxygen atoms in total. The number of halogens is 1. The molecule has 4 rings (SSSR count). The fourth-order valence-electron chi connectivity index (χ4n) is 4.26. The molecule has 3 heterocycles. The average Bonchev–Trinajstić information content (AvgIpc) is 3.55. The molecule has 35 heavy (non-hydrogen) atoms. The number of carbonyl (C=O) groups excluding carboxylic acids is 1. The van der Waals surface area contributed by atoms with Gasteiger partial charge in [-0.05, 0) is 73.2 Å². The van der Waals surface area contributed by atoms with Crippen molar-refractivity contribution in [3.8, 4) is 17.2 Å². The molecule has 0 aliphatic carbocycles. The van der Waals surface area contributed by atoms with Gasteiger partial charge in [0, 0.05) is 18.8 Å². The molecule has 2 N–H and O–H groups in total. The van der Waals surface area contributed by atoms with Gasteiger partial charge in [0.2, 0.25) is 5.95 Å². The molecular formula is C25H33IN4O5. The van der Waals surface area contributed by atoms with Gasteiger partial charge in [-0.2, -0.15) is 4.98 Å². The summed E-state index contributed by atoms with van der Waals surface area (Å²) in [6, 6.07) is 3.95. The van der Waals surface area contributed by atoms with Crippen molar-refractivity contribution in [2.75, 3.05) is 31.0 Å². The molecule has 1 unspecified atom stereocenters. The quantitative estimate of drug-likeness (QED) is 0.386. The number of methoxy groups -OCH3 is 1. The van der Waals surface area contributed by atoms with Crippen LogP contribution in [0.15, 0.2) is 18.3 Å². The first kappa shape index (κ1) is 25.9. The predicted octanol–water partition coefficient (Wildman–Crippen LogP) is 5.10. The molecule has 0 bridgehead atoms. The van der Waals surface area contributed by atoms with E-state index in [4.69, 9.17) is 18.9 Å². The zero-order valence-electron chi connectivity index (χ0n) is 20.6. The number of ether oxygens (including phenoxy) is 4. The van der Waals surface area contributed by atoms with E-state index in [-0.39, 0.29) is 29.9 Å². The second-order valence-electron chi connectivity index (χ2n) is 9.16. The Hall–Kier alpha value is -2.18. The van der Waals surface area contributed by atoms with Crippen LogP contribution in [-0.2, 0) is 14.3 Å².